The van der Waals surface area contributed by atoms with E-state index < -0.39 is 0 Å². The molecule has 3 aromatic rings. The van der Waals surface area contributed by atoms with Crippen molar-refractivity contribution in [1.82, 2.24) is 19.8 Å². The second-order valence-electron chi connectivity index (χ2n) is 9.33. The zero-order valence-electron chi connectivity index (χ0n) is 19.2. The standard InChI is InChI=1S/C27H32N4S/c1-18-10-9-13-22(16-18)30-19(2)17-23(20(30)3)26-25(24-14-7-8-15-28-24)29-27(32)31(26)21-11-5-4-6-12-21/h7-10,13-17,21,25-26H,4-6,11-12H2,1-3H3,(H,29,32). The monoisotopic (exact) mass is 444 g/mol. The van der Waals surface area contributed by atoms with Crippen LogP contribution in [0.5, 0.6) is 0 Å². The van der Waals surface area contributed by atoms with E-state index in [4.69, 9.17) is 17.2 Å². The third-order valence-electron chi connectivity index (χ3n) is 7.15. The summed E-state index contributed by atoms with van der Waals surface area (Å²) in [5.74, 6) is 0. The van der Waals surface area contributed by atoms with E-state index in [-0.39, 0.29) is 12.1 Å². The van der Waals surface area contributed by atoms with E-state index in [0.29, 0.717) is 6.04 Å². The smallest absolute Gasteiger partial charge is 0.170 e. The third-order valence-corrected chi connectivity index (χ3v) is 7.48. The molecule has 32 heavy (non-hydrogen) atoms. The first-order chi connectivity index (χ1) is 15.5. The quantitative estimate of drug-likeness (QED) is 0.493. The second kappa shape index (κ2) is 8.70. The van der Waals surface area contributed by atoms with Crippen LogP contribution in [0.3, 0.4) is 0 Å². The fraction of sp³-hybridized carbons (Fsp3) is 0.407. The van der Waals surface area contributed by atoms with Crippen LogP contribution in [0.4, 0.5) is 0 Å². The van der Waals surface area contributed by atoms with Crippen LogP contribution in [0, 0.1) is 20.8 Å². The van der Waals surface area contributed by atoms with Gasteiger partial charge in [0.1, 0.15) is 0 Å². The SMILES string of the molecule is Cc1cccc(-n2c(C)cc(C3C(c4ccccn4)NC(=S)N3C3CCCCC3)c2C)c1. The van der Waals surface area contributed by atoms with Gasteiger partial charge in [0.2, 0.25) is 0 Å². The molecular weight excluding hydrogens is 412 g/mol. The van der Waals surface area contributed by atoms with Gasteiger partial charge in [-0.2, -0.15) is 0 Å². The van der Waals surface area contributed by atoms with Gasteiger partial charge in [-0.3, -0.25) is 4.98 Å². The fourth-order valence-electron chi connectivity index (χ4n) is 5.70. The van der Waals surface area contributed by atoms with Gasteiger partial charge in [0.15, 0.2) is 5.11 Å². The minimum atomic E-state index is 0.0529. The number of pyridine rings is 1. The lowest BCUT2D eigenvalue weighted by atomic mass is 9.90. The maximum Gasteiger partial charge on any atom is 0.170 e. The van der Waals surface area contributed by atoms with Gasteiger partial charge in [0, 0.05) is 29.3 Å². The number of nitrogens with one attached hydrogen (secondary N) is 1. The summed E-state index contributed by atoms with van der Waals surface area (Å²) in [7, 11) is 0. The molecule has 2 unspecified atom stereocenters. The van der Waals surface area contributed by atoms with Crippen LogP contribution in [0.25, 0.3) is 5.69 Å². The van der Waals surface area contributed by atoms with Crippen LogP contribution in [-0.2, 0) is 0 Å². The number of hydrogen-bond acceptors (Lipinski definition) is 2. The Morgan fingerprint density at radius 1 is 0.969 bits per heavy atom. The fourth-order valence-corrected chi connectivity index (χ4v) is 6.09. The topological polar surface area (TPSA) is 33.1 Å². The van der Waals surface area contributed by atoms with Crippen molar-refractivity contribution >= 4 is 17.3 Å². The van der Waals surface area contributed by atoms with Crippen LogP contribution >= 0.6 is 12.2 Å². The number of rotatable bonds is 4. The molecule has 4 nitrogen and oxygen atoms in total. The van der Waals surface area contributed by atoms with Crippen molar-refractivity contribution in [3.8, 4) is 5.69 Å². The van der Waals surface area contributed by atoms with Gasteiger partial charge in [0.25, 0.3) is 0 Å². The predicted octanol–water partition coefficient (Wildman–Crippen LogP) is 6.10. The van der Waals surface area contributed by atoms with Gasteiger partial charge in [-0.25, -0.2) is 0 Å². The number of nitrogens with zero attached hydrogens (tertiary/aromatic N) is 3. The summed E-state index contributed by atoms with van der Waals surface area (Å²) in [6.07, 6.45) is 8.21. The third kappa shape index (κ3) is 3.73. The van der Waals surface area contributed by atoms with E-state index in [2.05, 4.69) is 78.0 Å². The first-order valence-electron chi connectivity index (χ1n) is 11.8. The summed E-state index contributed by atoms with van der Waals surface area (Å²) in [4.78, 5) is 7.23. The highest BCUT2D eigenvalue weighted by atomic mass is 32.1. The van der Waals surface area contributed by atoms with Gasteiger partial charge in [-0.15, -0.1) is 0 Å². The minimum absolute atomic E-state index is 0.0529. The molecule has 0 bridgehead atoms. The Labute approximate surface area is 196 Å². The van der Waals surface area contributed by atoms with Crippen LogP contribution < -0.4 is 5.32 Å². The van der Waals surface area contributed by atoms with Crippen LogP contribution in [0.2, 0.25) is 0 Å². The highest BCUT2D eigenvalue weighted by molar-refractivity contribution is 7.80. The predicted molar refractivity (Wildman–Crippen MR) is 134 cm³/mol. The van der Waals surface area contributed by atoms with Crippen molar-refractivity contribution in [1.29, 1.82) is 0 Å². The Balaban J connectivity index is 1.63. The number of aromatic nitrogens is 2. The Morgan fingerprint density at radius 2 is 1.78 bits per heavy atom. The summed E-state index contributed by atoms with van der Waals surface area (Å²) < 4.78 is 2.39. The van der Waals surface area contributed by atoms with Crippen molar-refractivity contribution in [2.24, 2.45) is 0 Å². The van der Waals surface area contributed by atoms with E-state index >= 15 is 0 Å². The highest BCUT2D eigenvalue weighted by Crippen LogP contribution is 2.44. The first kappa shape index (κ1) is 21.2. The number of aryl methyl sites for hydroxylation is 2. The molecule has 5 rings (SSSR count). The highest BCUT2D eigenvalue weighted by Gasteiger charge is 2.44. The largest absolute Gasteiger partial charge is 0.352 e. The molecule has 2 fully saturated rings. The molecule has 1 aromatic carbocycles. The van der Waals surface area contributed by atoms with Crippen LogP contribution in [0.1, 0.15) is 72.4 Å². The van der Waals surface area contributed by atoms with Gasteiger partial charge in [-0.05, 0) is 87.3 Å². The average Bonchev–Trinajstić information content (AvgIpc) is 3.30. The molecule has 166 valence electrons. The molecule has 2 atom stereocenters. The number of benzene rings is 1. The molecule has 1 aliphatic heterocycles. The molecule has 1 N–H and O–H groups in total. The summed E-state index contributed by atoms with van der Waals surface area (Å²) in [6.45, 7) is 6.61. The van der Waals surface area contributed by atoms with E-state index in [1.54, 1.807) is 0 Å². The van der Waals surface area contributed by atoms with Crippen molar-refractivity contribution in [3.05, 3.63) is 82.9 Å². The molecule has 1 saturated heterocycles. The molecular formula is C27H32N4S. The molecule has 1 aliphatic carbocycles. The summed E-state index contributed by atoms with van der Waals surface area (Å²) in [5, 5.41) is 4.53. The molecule has 1 saturated carbocycles. The number of hydrogen-bond donors (Lipinski definition) is 1. The lowest BCUT2D eigenvalue weighted by Gasteiger charge is -2.37. The van der Waals surface area contributed by atoms with Crippen molar-refractivity contribution in [2.75, 3.05) is 0 Å². The molecule has 2 aromatic heterocycles. The van der Waals surface area contributed by atoms with Gasteiger partial charge < -0.3 is 14.8 Å². The Kier molecular flexibility index (Phi) is 5.76. The summed E-state index contributed by atoms with van der Waals surface area (Å²) in [6, 6.07) is 18.0. The summed E-state index contributed by atoms with van der Waals surface area (Å²) in [5.41, 5.74) is 7.43. The maximum absolute atomic E-state index is 5.95. The van der Waals surface area contributed by atoms with E-state index in [0.717, 1.165) is 10.8 Å². The number of thiocarbonyl (C=S) groups is 1. The Morgan fingerprint density at radius 3 is 2.50 bits per heavy atom. The molecule has 0 spiro atoms. The maximum atomic E-state index is 5.95. The average molecular weight is 445 g/mol. The molecule has 0 radical (unpaired) electrons. The lowest BCUT2D eigenvalue weighted by Crippen LogP contribution is -2.40. The molecule has 2 aliphatic rings. The molecule has 5 heteroatoms. The Hall–Kier alpha value is -2.66. The molecule has 0 amide bonds. The normalized spacial score (nSPS) is 21.7. The zero-order valence-corrected chi connectivity index (χ0v) is 20.0. The minimum Gasteiger partial charge on any atom is -0.352 e. The summed E-state index contributed by atoms with van der Waals surface area (Å²) >= 11 is 5.95. The van der Waals surface area contributed by atoms with Crippen LogP contribution in [-0.4, -0.2) is 25.6 Å². The van der Waals surface area contributed by atoms with Crippen molar-refractivity contribution < 1.29 is 0 Å². The lowest BCUT2D eigenvalue weighted by molar-refractivity contribution is 0.197. The van der Waals surface area contributed by atoms with Gasteiger partial charge in [0.05, 0.1) is 17.8 Å². The van der Waals surface area contributed by atoms with Crippen molar-refractivity contribution in [3.63, 3.8) is 0 Å². The van der Waals surface area contributed by atoms with Gasteiger partial charge in [-0.1, -0.05) is 37.5 Å². The van der Waals surface area contributed by atoms with E-state index in [1.165, 1.54) is 60.3 Å². The first-order valence-corrected chi connectivity index (χ1v) is 12.2. The van der Waals surface area contributed by atoms with E-state index in [9.17, 15) is 0 Å². The Bertz CT molecular complexity index is 1110. The van der Waals surface area contributed by atoms with Crippen molar-refractivity contribution in [2.45, 2.75) is 71.0 Å². The van der Waals surface area contributed by atoms with Gasteiger partial charge >= 0.3 is 0 Å². The van der Waals surface area contributed by atoms with Crippen LogP contribution in [0.15, 0.2) is 54.7 Å². The second-order valence-corrected chi connectivity index (χ2v) is 9.71. The zero-order chi connectivity index (χ0) is 22.2. The molecule has 3 heterocycles. The van der Waals surface area contributed by atoms with E-state index in [1.807, 2.05) is 12.3 Å².